The third-order valence-corrected chi connectivity index (χ3v) is 5.32. The predicted molar refractivity (Wildman–Crippen MR) is 108 cm³/mol. The lowest BCUT2D eigenvalue weighted by Gasteiger charge is -2.26. The number of urea groups is 1. The van der Waals surface area contributed by atoms with E-state index in [2.05, 4.69) is 15.2 Å². The number of hydrogen-bond acceptors (Lipinski definition) is 3. The number of aromatic nitrogens is 1. The third-order valence-electron chi connectivity index (χ3n) is 5.02. The maximum Gasteiger partial charge on any atom is 0.321 e. The molecule has 2 aromatic rings. The van der Waals surface area contributed by atoms with Crippen LogP contribution in [0.1, 0.15) is 32.6 Å². The first-order chi connectivity index (χ1) is 12.7. The molecule has 0 atom stereocenters. The molecule has 1 aromatic carbocycles. The molecular weight excluding hydrogens is 348 g/mol. The molecule has 1 aliphatic heterocycles. The second-order valence-electron chi connectivity index (χ2n) is 6.76. The van der Waals surface area contributed by atoms with Crippen molar-refractivity contribution in [2.45, 2.75) is 32.6 Å². The highest BCUT2D eigenvalue weighted by atomic mass is 35.5. The minimum Gasteiger partial charge on any atom is -0.324 e. The van der Waals surface area contributed by atoms with E-state index in [1.807, 2.05) is 30.0 Å². The Morgan fingerprint density at radius 1 is 1.23 bits per heavy atom. The molecule has 5 nitrogen and oxygen atoms in total. The number of carbonyl (C=O) groups is 1. The Hall–Kier alpha value is -1.85. The molecule has 0 spiro atoms. The number of rotatable bonds is 5. The number of hydrogen-bond donors (Lipinski definition) is 1. The first-order valence-corrected chi connectivity index (χ1v) is 9.88. The van der Waals surface area contributed by atoms with E-state index in [9.17, 15) is 4.79 Å². The molecule has 1 saturated heterocycles. The van der Waals surface area contributed by atoms with Crippen molar-refractivity contribution >= 4 is 34.2 Å². The van der Waals surface area contributed by atoms with Gasteiger partial charge in [0.25, 0.3) is 0 Å². The summed E-state index contributed by atoms with van der Waals surface area (Å²) in [4.78, 5) is 21.4. The van der Waals surface area contributed by atoms with Crippen LogP contribution in [0.15, 0.2) is 30.5 Å². The summed E-state index contributed by atoms with van der Waals surface area (Å²) >= 11 is 6.21. The molecule has 1 aliphatic rings. The molecule has 1 N–H and O–H groups in total. The summed E-state index contributed by atoms with van der Waals surface area (Å²) in [5, 5.41) is 4.48. The van der Waals surface area contributed by atoms with E-state index >= 15 is 0 Å². The molecule has 1 fully saturated rings. The van der Waals surface area contributed by atoms with E-state index in [1.54, 1.807) is 12.3 Å². The van der Waals surface area contributed by atoms with Crippen molar-refractivity contribution in [3.05, 3.63) is 35.5 Å². The zero-order chi connectivity index (χ0) is 18.4. The number of benzene rings is 1. The minimum absolute atomic E-state index is 0.0743. The van der Waals surface area contributed by atoms with Crippen LogP contribution in [0.2, 0.25) is 5.02 Å². The number of pyridine rings is 1. The molecule has 3 rings (SSSR count). The van der Waals surface area contributed by atoms with E-state index < -0.39 is 0 Å². The predicted octanol–water partition coefficient (Wildman–Crippen LogP) is 4.62. The Balaban J connectivity index is 1.65. The maximum absolute atomic E-state index is 12.8. The van der Waals surface area contributed by atoms with Crippen LogP contribution in [0.5, 0.6) is 0 Å². The lowest BCUT2D eigenvalue weighted by Crippen LogP contribution is -2.41. The van der Waals surface area contributed by atoms with Crippen molar-refractivity contribution in [1.82, 2.24) is 14.8 Å². The van der Waals surface area contributed by atoms with Gasteiger partial charge in [-0.15, -0.1) is 0 Å². The van der Waals surface area contributed by atoms with Crippen molar-refractivity contribution in [2.75, 3.05) is 38.0 Å². The number of likely N-dealkylation sites (tertiary alicyclic amines) is 1. The molecule has 1 aromatic heterocycles. The Morgan fingerprint density at radius 3 is 2.73 bits per heavy atom. The Kier molecular flexibility index (Phi) is 6.69. The van der Waals surface area contributed by atoms with Gasteiger partial charge in [0.05, 0.1) is 16.2 Å². The number of nitrogens with one attached hydrogen (secondary N) is 1. The standard InChI is InChI=1S/C20H27ClN4O/c1-2-25(15-14-24-12-5-3-4-6-13-24)20(26)23-18-10-9-17(21)19-16(18)8-7-11-22-19/h7-11H,2-6,12-15H2,1H3,(H,23,26). The van der Waals surface area contributed by atoms with Crippen molar-refractivity contribution in [2.24, 2.45) is 0 Å². The molecule has 0 unspecified atom stereocenters. The Morgan fingerprint density at radius 2 is 2.00 bits per heavy atom. The van der Waals surface area contributed by atoms with Crippen molar-refractivity contribution in [3.8, 4) is 0 Å². The van der Waals surface area contributed by atoms with Crippen LogP contribution in [-0.2, 0) is 0 Å². The van der Waals surface area contributed by atoms with Gasteiger partial charge in [-0.2, -0.15) is 0 Å². The van der Waals surface area contributed by atoms with E-state index in [0.29, 0.717) is 17.1 Å². The van der Waals surface area contributed by atoms with Gasteiger partial charge in [-0.1, -0.05) is 24.4 Å². The SMILES string of the molecule is CCN(CCN1CCCCCC1)C(=O)Nc1ccc(Cl)c2ncccc12. The topological polar surface area (TPSA) is 48.5 Å². The molecule has 0 radical (unpaired) electrons. The summed E-state index contributed by atoms with van der Waals surface area (Å²) in [5.41, 5.74) is 1.45. The van der Waals surface area contributed by atoms with E-state index in [4.69, 9.17) is 11.6 Å². The van der Waals surface area contributed by atoms with Gasteiger partial charge in [-0.25, -0.2) is 4.79 Å². The van der Waals surface area contributed by atoms with Crippen LogP contribution in [-0.4, -0.2) is 53.5 Å². The van der Waals surface area contributed by atoms with Gasteiger partial charge in [0.2, 0.25) is 0 Å². The van der Waals surface area contributed by atoms with Gasteiger partial charge >= 0.3 is 6.03 Å². The molecule has 2 heterocycles. The number of halogens is 1. The lowest BCUT2D eigenvalue weighted by atomic mass is 10.2. The molecule has 0 saturated carbocycles. The zero-order valence-electron chi connectivity index (χ0n) is 15.4. The van der Waals surface area contributed by atoms with Crippen LogP contribution in [0.25, 0.3) is 10.9 Å². The highest BCUT2D eigenvalue weighted by Gasteiger charge is 2.16. The number of nitrogens with zero attached hydrogens (tertiary/aromatic N) is 3. The fraction of sp³-hybridized carbons (Fsp3) is 0.500. The summed E-state index contributed by atoms with van der Waals surface area (Å²) in [6.45, 7) is 6.67. The lowest BCUT2D eigenvalue weighted by molar-refractivity contribution is 0.198. The molecule has 2 amide bonds. The molecular formula is C20H27ClN4O. The number of carbonyl (C=O) groups excluding carboxylic acids is 1. The number of likely N-dealkylation sites (N-methyl/N-ethyl adjacent to an activating group) is 1. The number of fused-ring (bicyclic) bond motifs is 1. The van der Waals surface area contributed by atoms with E-state index in [1.165, 1.54) is 25.7 Å². The maximum atomic E-state index is 12.8. The van der Waals surface area contributed by atoms with Gasteiger partial charge in [0.1, 0.15) is 0 Å². The van der Waals surface area contributed by atoms with Gasteiger partial charge < -0.3 is 15.1 Å². The van der Waals surface area contributed by atoms with E-state index in [0.717, 1.165) is 37.3 Å². The number of amides is 2. The minimum atomic E-state index is -0.0743. The van der Waals surface area contributed by atoms with Gasteiger partial charge in [-0.3, -0.25) is 4.98 Å². The summed E-state index contributed by atoms with van der Waals surface area (Å²) in [5.74, 6) is 0. The van der Waals surface area contributed by atoms with Crippen LogP contribution >= 0.6 is 11.6 Å². The average molecular weight is 375 g/mol. The third kappa shape index (κ3) is 4.65. The first kappa shape index (κ1) is 18.9. The summed E-state index contributed by atoms with van der Waals surface area (Å²) in [6.07, 6.45) is 6.89. The largest absolute Gasteiger partial charge is 0.324 e. The average Bonchev–Trinajstić information content (AvgIpc) is 2.94. The molecule has 0 bridgehead atoms. The first-order valence-electron chi connectivity index (χ1n) is 9.50. The molecule has 6 heteroatoms. The van der Waals surface area contributed by atoms with Gasteiger partial charge in [-0.05, 0) is 57.1 Å². The monoisotopic (exact) mass is 374 g/mol. The highest BCUT2D eigenvalue weighted by Crippen LogP contribution is 2.28. The molecule has 0 aliphatic carbocycles. The van der Waals surface area contributed by atoms with Crippen LogP contribution in [0, 0.1) is 0 Å². The highest BCUT2D eigenvalue weighted by molar-refractivity contribution is 6.35. The van der Waals surface area contributed by atoms with Gasteiger partial charge in [0, 0.05) is 31.2 Å². The zero-order valence-corrected chi connectivity index (χ0v) is 16.1. The van der Waals surface area contributed by atoms with Gasteiger partial charge in [0.15, 0.2) is 0 Å². The fourth-order valence-corrected chi connectivity index (χ4v) is 3.68. The second-order valence-corrected chi connectivity index (χ2v) is 7.17. The van der Waals surface area contributed by atoms with E-state index in [-0.39, 0.29) is 6.03 Å². The molecule has 140 valence electrons. The Labute approximate surface area is 160 Å². The quantitative estimate of drug-likeness (QED) is 0.830. The molecule has 26 heavy (non-hydrogen) atoms. The Bertz CT molecular complexity index is 744. The van der Waals surface area contributed by atoms with Crippen molar-refractivity contribution in [3.63, 3.8) is 0 Å². The smallest absolute Gasteiger partial charge is 0.321 e. The van der Waals surface area contributed by atoms with Crippen LogP contribution in [0.3, 0.4) is 0 Å². The summed E-state index contributed by atoms with van der Waals surface area (Å²) in [7, 11) is 0. The van der Waals surface area contributed by atoms with Crippen LogP contribution in [0.4, 0.5) is 10.5 Å². The summed E-state index contributed by atoms with van der Waals surface area (Å²) in [6, 6.07) is 7.32. The second kappa shape index (κ2) is 9.19. The summed E-state index contributed by atoms with van der Waals surface area (Å²) < 4.78 is 0. The van der Waals surface area contributed by atoms with Crippen molar-refractivity contribution in [1.29, 1.82) is 0 Å². The van der Waals surface area contributed by atoms with Crippen molar-refractivity contribution < 1.29 is 4.79 Å². The normalized spacial score (nSPS) is 15.6. The van der Waals surface area contributed by atoms with Crippen LogP contribution < -0.4 is 5.32 Å². The number of anilines is 1. The fourth-order valence-electron chi connectivity index (χ4n) is 3.47.